The number of hydrogen-bond acceptors (Lipinski definition) is 7. The number of fused-ring (bicyclic) bond motifs is 1. The number of amides is 1. The topological polar surface area (TPSA) is 67.4 Å². The Morgan fingerprint density at radius 1 is 0.923 bits per heavy atom. The van der Waals surface area contributed by atoms with Gasteiger partial charge in [0.25, 0.3) is 0 Å². The maximum Gasteiger partial charge on any atom is 0.412 e. The van der Waals surface area contributed by atoms with Crippen LogP contribution in [0.25, 0.3) is 11.3 Å². The molecule has 2 aliphatic heterocycles. The lowest BCUT2D eigenvalue weighted by molar-refractivity contribution is -0.0675. The van der Waals surface area contributed by atoms with Crippen molar-refractivity contribution in [1.82, 2.24) is 14.8 Å². The predicted octanol–water partition coefficient (Wildman–Crippen LogP) is 9.76. The molecule has 1 unspecified atom stereocenters. The Balaban J connectivity index is 1.23. The molecule has 0 radical (unpaired) electrons. The van der Waals surface area contributed by atoms with Gasteiger partial charge in [-0.25, -0.2) is 9.78 Å². The molecule has 3 aliphatic rings. The average Bonchev–Trinajstić information content (AvgIpc) is 3.43. The number of piperazine rings is 1. The quantitative estimate of drug-likeness (QED) is 0.201. The van der Waals surface area contributed by atoms with Crippen LogP contribution in [0.5, 0.6) is 0 Å². The summed E-state index contributed by atoms with van der Waals surface area (Å²) in [6.07, 6.45) is 3.91. The van der Waals surface area contributed by atoms with Crippen LogP contribution in [-0.4, -0.2) is 92.0 Å². The van der Waals surface area contributed by atoms with Crippen molar-refractivity contribution in [2.24, 2.45) is 0 Å². The molecule has 1 aromatic carbocycles. The molecule has 2 fully saturated rings. The molecule has 0 bridgehead atoms. The van der Waals surface area contributed by atoms with Gasteiger partial charge >= 0.3 is 6.09 Å². The van der Waals surface area contributed by atoms with E-state index in [0.717, 1.165) is 75.2 Å². The van der Waals surface area contributed by atoms with Crippen LogP contribution in [0.1, 0.15) is 120 Å². The summed E-state index contributed by atoms with van der Waals surface area (Å²) in [5.74, 6) is 1.06. The van der Waals surface area contributed by atoms with E-state index < -0.39 is 19.6 Å². The van der Waals surface area contributed by atoms with E-state index in [0.29, 0.717) is 6.61 Å². The molecule has 0 spiro atoms. The molecule has 2 atom stereocenters. The van der Waals surface area contributed by atoms with E-state index in [-0.39, 0.29) is 29.1 Å². The summed E-state index contributed by atoms with van der Waals surface area (Å²) in [5.41, 5.74) is 4.28. The van der Waals surface area contributed by atoms with Crippen LogP contribution in [0.15, 0.2) is 36.4 Å². The minimum atomic E-state index is -1.95. The van der Waals surface area contributed by atoms with Gasteiger partial charge in [0.15, 0.2) is 8.32 Å². The number of benzene rings is 1. The van der Waals surface area contributed by atoms with Crippen LogP contribution in [0.2, 0.25) is 18.1 Å². The monoisotopic (exact) mass is 735 g/mol. The molecule has 1 aliphatic carbocycles. The Labute approximate surface area is 317 Å². The van der Waals surface area contributed by atoms with E-state index in [1.54, 1.807) is 0 Å². The fourth-order valence-corrected chi connectivity index (χ4v) is 11.6. The highest BCUT2D eigenvalue weighted by atomic mass is 28.4. The zero-order valence-electron chi connectivity index (χ0n) is 34.7. The highest BCUT2D eigenvalue weighted by Crippen LogP contribution is 2.47. The van der Waals surface area contributed by atoms with Crippen molar-refractivity contribution in [2.75, 3.05) is 44.2 Å². The van der Waals surface area contributed by atoms with Gasteiger partial charge in [-0.05, 0) is 125 Å². The van der Waals surface area contributed by atoms with E-state index >= 15 is 0 Å². The SMILES string of the molecule is CC[Si](CC)(CC)O[C@H](CCCN1CCN(c2cccc(-c3ccc4c(c3)C(C)(C)CCC4(C)C)n2)CC1)C1COC(C)(C)N1C(=O)OC(C)(C)C. The van der Waals surface area contributed by atoms with Gasteiger partial charge in [0.2, 0.25) is 0 Å². The molecule has 2 aromatic rings. The first kappa shape index (κ1) is 40.7. The fourth-order valence-electron chi connectivity index (χ4n) is 8.65. The zero-order valence-corrected chi connectivity index (χ0v) is 35.7. The number of nitrogens with zero attached hydrogens (tertiary/aromatic N) is 4. The van der Waals surface area contributed by atoms with Crippen LogP contribution >= 0.6 is 0 Å². The van der Waals surface area contributed by atoms with Crippen LogP contribution < -0.4 is 4.90 Å². The summed E-state index contributed by atoms with van der Waals surface area (Å²) < 4.78 is 19.4. The van der Waals surface area contributed by atoms with Gasteiger partial charge < -0.3 is 18.8 Å². The van der Waals surface area contributed by atoms with Crippen molar-refractivity contribution in [1.29, 1.82) is 0 Å². The molecule has 1 amide bonds. The number of rotatable bonds is 12. The smallest absolute Gasteiger partial charge is 0.412 e. The predicted molar refractivity (Wildman–Crippen MR) is 217 cm³/mol. The number of pyridine rings is 1. The van der Waals surface area contributed by atoms with E-state index in [1.807, 2.05) is 39.5 Å². The molecule has 9 heteroatoms. The number of hydrogen-bond donors (Lipinski definition) is 0. The number of anilines is 1. The maximum absolute atomic E-state index is 13.6. The first-order valence-electron chi connectivity index (χ1n) is 20.3. The van der Waals surface area contributed by atoms with E-state index in [4.69, 9.17) is 18.9 Å². The number of carbonyl (C=O) groups excluding carboxylic acids is 1. The first-order chi connectivity index (χ1) is 24.3. The molecular formula is C43H70N4O4Si. The number of aromatic nitrogens is 1. The second kappa shape index (κ2) is 15.7. The Kier molecular flexibility index (Phi) is 12.3. The third-order valence-electron chi connectivity index (χ3n) is 12.4. The summed E-state index contributed by atoms with van der Waals surface area (Å²) >= 11 is 0. The largest absolute Gasteiger partial charge is 0.444 e. The standard InChI is InChI=1S/C43H70N4O4Si/c1-13-52(14-2,15-3)51-37(36-31-49-43(11,12)47(36)39(48)50-40(4,5)6)19-17-25-45-26-28-46(29-27-45)38-20-16-18-35(44-38)32-21-22-33-34(30-32)42(9,10)24-23-41(33,7)8/h16,18,20-22,30,36-37H,13-15,17,19,23-29,31H2,1-12H3/t36?,37-/m1/s1. The fraction of sp³-hybridized carbons (Fsp3) is 0.721. The molecule has 0 saturated carbocycles. The molecule has 0 N–H and O–H groups in total. The normalized spacial score (nSPS) is 22.3. The number of carbonyl (C=O) groups is 1. The van der Waals surface area contributed by atoms with Gasteiger partial charge in [-0.3, -0.25) is 9.80 Å². The molecule has 8 nitrogen and oxygen atoms in total. The third kappa shape index (κ3) is 9.07. The van der Waals surface area contributed by atoms with Crippen LogP contribution in [0.3, 0.4) is 0 Å². The van der Waals surface area contributed by atoms with Crippen molar-refractivity contribution >= 4 is 20.2 Å². The van der Waals surface area contributed by atoms with Gasteiger partial charge in [-0.15, -0.1) is 0 Å². The van der Waals surface area contributed by atoms with Gasteiger partial charge in [0.05, 0.1) is 24.4 Å². The second-order valence-corrected chi connectivity index (χ2v) is 23.2. The van der Waals surface area contributed by atoms with Crippen molar-refractivity contribution in [2.45, 2.75) is 161 Å². The molecule has 52 heavy (non-hydrogen) atoms. The van der Waals surface area contributed by atoms with E-state index in [1.165, 1.54) is 29.5 Å². The highest BCUT2D eigenvalue weighted by Gasteiger charge is 2.50. The van der Waals surface area contributed by atoms with Gasteiger partial charge in [-0.1, -0.05) is 66.7 Å². The van der Waals surface area contributed by atoms with E-state index in [9.17, 15) is 4.79 Å². The van der Waals surface area contributed by atoms with Crippen molar-refractivity contribution in [3.05, 3.63) is 47.5 Å². The summed E-state index contributed by atoms with van der Waals surface area (Å²) in [4.78, 5) is 25.7. The summed E-state index contributed by atoms with van der Waals surface area (Å²) in [6.45, 7) is 31.4. The highest BCUT2D eigenvalue weighted by molar-refractivity contribution is 6.73. The Morgan fingerprint density at radius 3 is 2.17 bits per heavy atom. The lowest BCUT2D eigenvalue weighted by atomic mass is 9.63. The molecule has 2 saturated heterocycles. The van der Waals surface area contributed by atoms with Gasteiger partial charge in [-0.2, -0.15) is 0 Å². The van der Waals surface area contributed by atoms with Crippen LogP contribution in [-0.2, 0) is 24.7 Å². The minimum Gasteiger partial charge on any atom is -0.444 e. The molecular weight excluding hydrogens is 665 g/mol. The number of ether oxygens (including phenoxy) is 2. The first-order valence-corrected chi connectivity index (χ1v) is 22.8. The molecule has 290 valence electrons. The summed E-state index contributed by atoms with van der Waals surface area (Å²) in [5, 5.41) is 0. The molecule has 5 rings (SSSR count). The Morgan fingerprint density at radius 2 is 1.56 bits per heavy atom. The molecule has 1 aromatic heterocycles. The van der Waals surface area contributed by atoms with Gasteiger partial charge in [0.1, 0.15) is 17.1 Å². The van der Waals surface area contributed by atoms with Crippen LogP contribution in [0, 0.1) is 0 Å². The van der Waals surface area contributed by atoms with Gasteiger partial charge in [0, 0.05) is 31.7 Å². The minimum absolute atomic E-state index is 0.0886. The van der Waals surface area contributed by atoms with Crippen molar-refractivity contribution in [3.8, 4) is 11.3 Å². The van der Waals surface area contributed by atoms with Crippen molar-refractivity contribution in [3.63, 3.8) is 0 Å². The van der Waals surface area contributed by atoms with Crippen LogP contribution in [0.4, 0.5) is 10.6 Å². The average molecular weight is 735 g/mol. The van der Waals surface area contributed by atoms with E-state index in [2.05, 4.69) is 94.7 Å². The lowest BCUT2D eigenvalue weighted by Crippen LogP contribution is -2.56. The second-order valence-electron chi connectivity index (χ2n) is 18.5. The maximum atomic E-state index is 13.6. The summed E-state index contributed by atoms with van der Waals surface area (Å²) in [6, 6.07) is 16.6. The lowest BCUT2D eigenvalue weighted by Gasteiger charge is -2.42. The summed E-state index contributed by atoms with van der Waals surface area (Å²) in [7, 11) is -1.95. The third-order valence-corrected chi connectivity index (χ3v) is 17.1. The Bertz CT molecular complexity index is 1510. The molecule has 3 heterocycles. The van der Waals surface area contributed by atoms with Crippen molar-refractivity contribution < 1.29 is 18.7 Å². The zero-order chi connectivity index (χ0) is 38.1. The Hall–Kier alpha value is -2.46.